The van der Waals surface area contributed by atoms with Gasteiger partial charge in [-0.25, -0.2) is 0 Å². The van der Waals surface area contributed by atoms with Gasteiger partial charge in [-0.05, 0) is 35.2 Å². The van der Waals surface area contributed by atoms with Gasteiger partial charge in [-0.1, -0.05) is 48.0 Å². The summed E-state index contributed by atoms with van der Waals surface area (Å²) in [5, 5.41) is 1.45. The Kier molecular flexibility index (Phi) is 4.66. The minimum absolute atomic E-state index is 0.672. The first-order valence-corrected chi connectivity index (χ1v) is 8.28. The van der Waals surface area contributed by atoms with E-state index < -0.39 is 0 Å². The summed E-state index contributed by atoms with van der Waals surface area (Å²) < 4.78 is 5.40. The maximum atomic E-state index is 5.91. The van der Waals surface area contributed by atoms with E-state index in [4.69, 9.17) is 16.3 Å². The molecular weight excluding hydrogens is 288 g/mol. The third kappa shape index (κ3) is 3.57. The Morgan fingerprint density at radius 2 is 1.65 bits per heavy atom. The molecule has 0 saturated carbocycles. The van der Waals surface area contributed by atoms with Crippen molar-refractivity contribution in [3.8, 4) is 11.1 Å². The largest absolute Gasteiger partial charge is 0.380 e. The Bertz CT molecular complexity index is 544. The van der Waals surface area contributed by atoms with Gasteiger partial charge in [-0.3, -0.25) is 0 Å². The van der Waals surface area contributed by atoms with Gasteiger partial charge in [-0.2, -0.15) is 11.8 Å². The van der Waals surface area contributed by atoms with Crippen LogP contribution in [0.4, 0.5) is 0 Å². The molecule has 2 aromatic carbocycles. The second kappa shape index (κ2) is 6.66. The van der Waals surface area contributed by atoms with Crippen molar-refractivity contribution in [2.75, 3.05) is 13.2 Å². The minimum atomic E-state index is 0.672. The van der Waals surface area contributed by atoms with E-state index in [1.807, 2.05) is 23.9 Å². The quantitative estimate of drug-likeness (QED) is 0.783. The predicted octanol–water partition coefficient (Wildman–Crippen LogP) is 5.03. The van der Waals surface area contributed by atoms with Crippen LogP contribution < -0.4 is 0 Å². The molecule has 2 aromatic rings. The summed E-state index contributed by atoms with van der Waals surface area (Å²) in [6, 6.07) is 16.8. The molecule has 1 aliphatic rings. The standard InChI is InChI=1S/C17H17ClOS/c18-16-7-5-15(6-8-16)14-3-1-13(2-4-14)12-20-17-9-10-19-11-17/h1-8,17H,9-12H2. The van der Waals surface area contributed by atoms with Gasteiger partial charge in [0.15, 0.2) is 0 Å². The monoisotopic (exact) mass is 304 g/mol. The summed E-state index contributed by atoms with van der Waals surface area (Å²) in [6.07, 6.45) is 1.19. The average molecular weight is 305 g/mol. The molecule has 0 bridgehead atoms. The molecule has 1 aliphatic heterocycles. The normalized spacial score (nSPS) is 18.4. The zero-order chi connectivity index (χ0) is 13.8. The van der Waals surface area contributed by atoms with E-state index in [1.54, 1.807) is 0 Å². The highest BCUT2D eigenvalue weighted by atomic mass is 35.5. The van der Waals surface area contributed by atoms with Crippen molar-refractivity contribution in [3.05, 3.63) is 59.1 Å². The fraction of sp³-hybridized carbons (Fsp3) is 0.294. The lowest BCUT2D eigenvalue weighted by Gasteiger charge is -2.08. The summed E-state index contributed by atoms with van der Waals surface area (Å²) in [6.45, 7) is 1.83. The highest BCUT2D eigenvalue weighted by molar-refractivity contribution is 7.99. The summed E-state index contributed by atoms with van der Waals surface area (Å²) in [4.78, 5) is 0. The van der Waals surface area contributed by atoms with Gasteiger partial charge in [0.2, 0.25) is 0 Å². The van der Waals surface area contributed by atoms with E-state index >= 15 is 0 Å². The number of hydrogen-bond acceptors (Lipinski definition) is 2. The molecule has 20 heavy (non-hydrogen) atoms. The lowest BCUT2D eigenvalue weighted by Crippen LogP contribution is -2.00. The van der Waals surface area contributed by atoms with E-state index in [-0.39, 0.29) is 0 Å². The molecule has 1 fully saturated rings. The van der Waals surface area contributed by atoms with Crippen molar-refractivity contribution in [1.29, 1.82) is 0 Å². The van der Waals surface area contributed by atoms with Gasteiger partial charge in [0, 0.05) is 22.6 Å². The van der Waals surface area contributed by atoms with Gasteiger partial charge < -0.3 is 4.74 Å². The van der Waals surface area contributed by atoms with Crippen LogP contribution in [0.1, 0.15) is 12.0 Å². The molecule has 0 N–H and O–H groups in total. The van der Waals surface area contributed by atoms with Crippen LogP contribution in [0.3, 0.4) is 0 Å². The van der Waals surface area contributed by atoms with Gasteiger partial charge >= 0.3 is 0 Å². The van der Waals surface area contributed by atoms with Gasteiger partial charge in [0.25, 0.3) is 0 Å². The number of ether oxygens (including phenoxy) is 1. The van der Waals surface area contributed by atoms with E-state index in [9.17, 15) is 0 Å². The molecule has 0 aliphatic carbocycles. The zero-order valence-corrected chi connectivity index (χ0v) is 12.8. The summed E-state index contributed by atoms with van der Waals surface area (Å²) >= 11 is 7.91. The SMILES string of the molecule is Clc1ccc(-c2ccc(CSC3CCOC3)cc2)cc1. The average Bonchev–Trinajstić information content (AvgIpc) is 3.00. The zero-order valence-electron chi connectivity index (χ0n) is 11.2. The summed E-state index contributed by atoms with van der Waals surface area (Å²) in [5.74, 6) is 1.06. The van der Waals surface area contributed by atoms with Crippen LogP contribution in [0.5, 0.6) is 0 Å². The van der Waals surface area contributed by atoms with E-state index in [1.165, 1.54) is 23.1 Å². The van der Waals surface area contributed by atoms with Crippen molar-refractivity contribution in [1.82, 2.24) is 0 Å². The first kappa shape index (κ1) is 14.0. The molecule has 1 saturated heterocycles. The molecular formula is C17H17ClOS. The fourth-order valence-electron chi connectivity index (χ4n) is 2.29. The minimum Gasteiger partial charge on any atom is -0.380 e. The molecule has 0 spiro atoms. The molecule has 104 valence electrons. The lowest BCUT2D eigenvalue weighted by molar-refractivity contribution is 0.199. The Morgan fingerprint density at radius 3 is 2.25 bits per heavy atom. The van der Waals surface area contributed by atoms with E-state index in [0.29, 0.717) is 5.25 Å². The topological polar surface area (TPSA) is 9.23 Å². The molecule has 0 aromatic heterocycles. The van der Waals surface area contributed by atoms with Gasteiger partial charge in [-0.15, -0.1) is 0 Å². The first-order valence-electron chi connectivity index (χ1n) is 6.85. The smallest absolute Gasteiger partial charge is 0.0585 e. The van der Waals surface area contributed by atoms with Crippen LogP contribution in [0, 0.1) is 0 Å². The van der Waals surface area contributed by atoms with E-state index in [2.05, 4.69) is 36.4 Å². The maximum Gasteiger partial charge on any atom is 0.0585 e. The van der Waals surface area contributed by atoms with Crippen LogP contribution in [0.25, 0.3) is 11.1 Å². The van der Waals surface area contributed by atoms with Crippen molar-refractivity contribution >= 4 is 23.4 Å². The van der Waals surface area contributed by atoms with Crippen molar-refractivity contribution in [3.63, 3.8) is 0 Å². The van der Waals surface area contributed by atoms with Crippen LogP contribution in [0.2, 0.25) is 5.02 Å². The Labute approximate surface area is 129 Å². The number of hydrogen-bond donors (Lipinski definition) is 0. The summed E-state index contributed by atoms with van der Waals surface area (Å²) in [5.41, 5.74) is 3.82. The molecule has 0 radical (unpaired) electrons. The number of rotatable bonds is 4. The third-order valence-electron chi connectivity index (χ3n) is 3.51. The number of thioether (sulfide) groups is 1. The van der Waals surface area contributed by atoms with Crippen LogP contribution >= 0.6 is 23.4 Å². The Hall–Kier alpha value is -0.960. The molecule has 1 heterocycles. The Morgan fingerprint density at radius 1 is 1.00 bits per heavy atom. The van der Waals surface area contributed by atoms with Crippen LogP contribution in [0.15, 0.2) is 48.5 Å². The Balaban J connectivity index is 1.63. The first-order chi connectivity index (χ1) is 9.81. The molecule has 3 rings (SSSR count). The van der Waals surface area contributed by atoms with Crippen molar-refractivity contribution in [2.45, 2.75) is 17.4 Å². The highest BCUT2D eigenvalue weighted by Crippen LogP contribution is 2.26. The van der Waals surface area contributed by atoms with Gasteiger partial charge in [0.05, 0.1) is 6.61 Å². The molecule has 3 heteroatoms. The van der Waals surface area contributed by atoms with Crippen molar-refractivity contribution in [2.24, 2.45) is 0 Å². The van der Waals surface area contributed by atoms with Crippen molar-refractivity contribution < 1.29 is 4.74 Å². The second-order valence-corrected chi connectivity index (χ2v) is 6.73. The molecule has 1 unspecified atom stereocenters. The molecule has 0 amide bonds. The number of halogens is 1. The highest BCUT2D eigenvalue weighted by Gasteiger charge is 2.15. The van der Waals surface area contributed by atoms with Crippen LogP contribution in [-0.2, 0) is 10.5 Å². The predicted molar refractivity (Wildman–Crippen MR) is 87.4 cm³/mol. The van der Waals surface area contributed by atoms with Gasteiger partial charge in [0.1, 0.15) is 0 Å². The third-order valence-corrected chi connectivity index (χ3v) is 5.10. The lowest BCUT2D eigenvalue weighted by atomic mass is 10.0. The fourth-order valence-corrected chi connectivity index (χ4v) is 3.50. The molecule has 1 nitrogen and oxygen atoms in total. The van der Waals surface area contributed by atoms with Crippen LogP contribution in [-0.4, -0.2) is 18.5 Å². The number of benzene rings is 2. The van der Waals surface area contributed by atoms with E-state index in [0.717, 1.165) is 24.0 Å². The summed E-state index contributed by atoms with van der Waals surface area (Å²) in [7, 11) is 0. The second-order valence-electron chi connectivity index (χ2n) is 5.00. The molecule has 1 atom stereocenters. The maximum absolute atomic E-state index is 5.91.